The van der Waals surface area contributed by atoms with Crippen LogP contribution in [0.5, 0.6) is 0 Å². The van der Waals surface area contributed by atoms with Crippen LogP contribution in [0.25, 0.3) is 0 Å². The van der Waals surface area contributed by atoms with E-state index >= 15 is 0 Å². The van der Waals surface area contributed by atoms with Crippen LogP contribution >= 0.6 is 11.3 Å². The average Bonchev–Trinajstić information content (AvgIpc) is 3.29. The van der Waals surface area contributed by atoms with Crippen molar-refractivity contribution in [3.05, 3.63) is 38.1 Å². The van der Waals surface area contributed by atoms with E-state index in [1.165, 1.54) is 28.4 Å². The Labute approximate surface area is 166 Å². The van der Waals surface area contributed by atoms with E-state index in [2.05, 4.69) is 10.1 Å². The summed E-state index contributed by atoms with van der Waals surface area (Å²) < 4.78 is 1.50. The van der Waals surface area contributed by atoms with Gasteiger partial charge in [-0.1, -0.05) is 0 Å². The Morgan fingerprint density at radius 2 is 2.07 bits per heavy atom. The van der Waals surface area contributed by atoms with Crippen LogP contribution in [0.3, 0.4) is 0 Å². The lowest BCUT2D eigenvalue weighted by Gasteiger charge is -2.31. The molecule has 150 valence electrons. The summed E-state index contributed by atoms with van der Waals surface area (Å²) in [5.41, 5.74) is 0.753. The van der Waals surface area contributed by atoms with E-state index in [0.29, 0.717) is 38.4 Å². The van der Waals surface area contributed by atoms with Gasteiger partial charge in [-0.05, 0) is 26.2 Å². The summed E-state index contributed by atoms with van der Waals surface area (Å²) in [6.45, 7) is 5.27. The minimum Gasteiger partial charge on any atom is -0.343 e. The fraction of sp³-hybridized carbons (Fsp3) is 0.556. The topological polar surface area (TPSA) is 111 Å². The molecular weight excluding hydrogens is 382 g/mol. The summed E-state index contributed by atoms with van der Waals surface area (Å²) in [5, 5.41) is 15.6. The van der Waals surface area contributed by atoms with Gasteiger partial charge in [-0.3, -0.25) is 24.4 Å². The molecule has 2 aromatic heterocycles. The van der Waals surface area contributed by atoms with Gasteiger partial charge in [-0.25, -0.2) is 4.98 Å². The molecular formula is C18H23N5O4S. The number of thiazole rings is 1. The minimum atomic E-state index is -0.484. The number of rotatable bonds is 7. The minimum absolute atomic E-state index is 0.0428. The molecule has 1 amide bonds. The fourth-order valence-corrected chi connectivity index (χ4v) is 4.55. The number of ketones is 1. The zero-order chi connectivity index (χ0) is 20.3. The van der Waals surface area contributed by atoms with Crippen LogP contribution in [0.4, 0.5) is 5.69 Å². The highest BCUT2D eigenvalue weighted by Crippen LogP contribution is 2.33. The van der Waals surface area contributed by atoms with Crippen molar-refractivity contribution in [2.24, 2.45) is 0 Å². The first-order valence-corrected chi connectivity index (χ1v) is 10.1. The normalized spacial score (nSPS) is 15.0. The molecule has 0 radical (unpaired) electrons. The van der Waals surface area contributed by atoms with Crippen molar-refractivity contribution < 1.29 is 14.5 Å². The van der Waals surface area contributed by atoms with Crippen molar-refractivity contribution in [1.29, 1.82) is 0 Å². The molecule has 0 aromatic carbocycles. The Hall–Kier alpha value is -2.62. The van der Waals surface area contributed by atoms with Crippen LogP contribution in [0, 0.1) is 17.0 Å². The van der Waals surface area contributed by atoms with Gasteiger partial charge in [0, 0.05) is 38.9 Å². The number of hydrogen-bond donors (Lipinski definition) is 0. The van der Waals surface area contributed by atoms with Gasteiger partial charge in [0.1, 0.15) is 12.4 Å². The van der Waals surface area contributed by atoms with E-state index in [0.717, 1.165) is 28.4 Å². The molecule has 0 saturated carbocycles. The third-order valence-corrected chi connectivity index (χ3v) is 6.36. The summed E-state index contributed by atoms with van der Waals surface area (Å²) in [4.78, 5) is 41.4. The second-order valence-corrected chi connectivity index (χ2v) is 8.03. The van der Waals surface area contributed by atoms with Gasteiger partial charge in [-0.2, -0.15) is 5.10 Å². The number of carbonyl (C=O) groups excluding carboxylic acids is 2. The molecule has 0 bridgehead atoms. The zero-order valence-corrected chi connectivity index (χ0v) is 16.8. The number of amides is 1. The van der Waals surface area contributed by atoms with Crippen molar-refractivity contribution in [2.45, 2.75) is 52.0 Å². The van der Waals surface area contributed by atoms with Gasteiger partial charge in [-0.15, -0.1) is 11.3 Å². The Kier molecular flexibility index (Phi) is 6.18. The maximum atomic E-state index is 12.4. The number of aryl methyl sites for hydroxylation is 2. The van der Waals surface area contributed by atoms with Crippen molar-refractivity contribution in [2.75, 3.05) is 13.1 Å². The maximum Gasteiger partial charge on any atom is 0.306 e. The van der Waals surface area contributed by atoms with Gasteiger partial charge in [0.15, 0.2) is 5.78 Å². The number of carbonyl (C=O) groups is 2. The van der Waals surface area contributed by atoms with Crippen molar-refractivity contribution in [3.63, 3.8) is 0 Å². The van der Waals surface area contributed by atoms with Crippen molar-refractivity contribution >= 4 is 28.7 Å². The van der Waals surface area contributed by atoms with Crippen molar-refractivity contribution in [1.82, 2.24) is 19.7 Å². The first-order chi connectivity index (χ1) is 13.3. The van der Waals surface area contributed by atoms with Crippen LogP contribution in [-0.4, -0.2) is 49.4 Å². The van der Waals surface area contributed by atoms with Gasteiger partial charge in [0.25, 0.3) is 0 Å². The number of nitrogens with zero attached hydrogens (tertiary/aromatic N) is 5. The Morgan fingerprint density at radius 3 is 2.64 bits per heavy atom. The molecule has 0 N–H and O–H groups in total. The molecule has 1 fully saturated rings. The van der Waals surface area contributed by atoms with Gasteiger partial charge < -0.3 is 4.90 Å². The van der Waals surface area contributed by atoms with E-state index in [9.17, 15) is 19.7 Å². The molecule has 10 heteroatoms. The van der Waals surface area contributed by atoms with E-state index in [1.54, 1.807) is 6.92 Å². The highest BCUT2D eigenvalue weighted by Gasteiger charge is 2.26. The predicted molar refractivity (Wildman–Crippen MR) is 104 cm³/mol. The van der Waals surface area contributed by atoms with Gasteiger partial charge >= 0.3 is 5.69 Å². The molecule has 0 atom stereocenters. The molecule has 0 spiro atoms. The Balaban J connectivity index is 1.45. The second-order valence-electron chi connectivity index (χ2n) is 7.00. The number of likely N-dealkylation sites (tertiary alicyclic amines) is 1. The molecule has 1 aliphatic rings. The summed E-state index contributed by atoms with van der Waals surface area (Å²) in [6.07, 6.45) is 5.27. The van der Waals surface area contributed by atoms with Crippen molar-refractivity contribution in [3.8, 4) is 0 Å². The highest BCUT2D eigenvalue weighted by molar-refractivity contribution is 7.13. The van der Waals surface area contributed by atoms with Crippen LogP contribution in [0.1, 0.15) is 58.9 Å². The summed E-state index contributed by atoms with van der Waals surface area (Å²) in [6, 6.07) is 0. The first-order valence-electron chi connectivity index (χ1n) is 9.28. The number of hydrogen-bond acceptors (Lipinski definition) is 7. The molecule has 1 aliphatic heterocycles. The molecule has 0 unspecified atom stereocenters. The molecule has 28 heavy (non-hydrogen) atoms. The molecule has 3 rings (SSSR count). The Morgan fingerprint density at radius 1 is 1.36 bits per heavy atom. The molecule has 2 aromatic rings. The first kappa shape index (κ1) is 20.1. The van der Waals surface area contributed by atoms with Crippen LogP contribution in [0.2, 0.25) is 0 Å². The van der Waals surface area contributed by atoms with E-state index < -0.39 is 4.92 Å². The number of piperidine rings is 1. The lowest BCUT2D eigenvalue weighted by Crippen LogP contribution is -2.37. The van der Waals surface area contributed by atoms with Gasteiger partial charge in [0.05, 0.1) is 20.5 Å². The monoisotopic (exact) mass is 405 g/mol. The van der Waals surface area contributed by atoms with E-state index in [1.807, 2.05) is 11.8 Å². The third kappa shape index (κ3) is 4.61. The SMILES string of the molecule is CC(=O)c1sc(C2CCN(C(=O)CCCn3cc([N+](=O)[O-])cn3)CC2)nc1C. The maximum absolute atomic E-state index is 12.4. The lowest BCUT2D eigenvalue weighted by molar-refractivity contribution is -0.385. The van der Waals surface area contributed by atoms with Crippen LogP contribution in [-0.2, 0) is 11.3 Å². The quantitative estimate of drug-likeness (QED) is 0.398. The molecule has 1 saturated heterocycles. The summed E-state index contributed by atoms with van der Waals surface area (Å²) in [7, 11) is 0. The Bertz CT molecular complexity index is 882. The number of nitro groups is 1. The van der Waals surface area contributed by atoms with Crippen LogP contribution in [0.15, 0.2) is 12.4 Å². The van der Waals surface area contributed by atoms with Gasteiger partial charge in [0.2, 0.25) is 5.91 Å². The highest BCUT2D eigenvalue weighted by atomic mass is 32.1. The largest absolute Gasteiger partial charge is 0.343 e. The second kappa shape index (κ2) is 8.59. The smallest absolute Gasteiger partial charge is 0.306 e. The summed E-state index contributed by atoms with van der Waals surface area (Å²) >= 11 is 1.48. The molecule has 0 aliphatic carbocycles. The fourth-order valence-electron chi connectivity index (χ4n) is 3.41. The average molecular weight is 405 g/mol. The predicted octanol–water partition coefficient (Wildman–Crippen LogP) is 2.95. The summed E-state index contributed by atoms with van der Waals surface area (Å²) in [5.74, 6) is 0.446. The standard InChI is InChI=1S/C18H23N5O4S/c1-12-17(13(2)24)28-18(20-12)14-5-8-21(9-6-14)16(25)4-3-7-22-11-15(10-19-22)23(26)27/h10-11,14H,3-9H2,1-2H3. The lowest BCUT2D eigenvalue weighted by atomic mass is 9.97. The number of aromatic nitrogens is 3. The third-order valence-electron chi connectivity index (χ3n) is 4.94. The molecule has 9 nitrogen and oxygen atoms in total. The van der Waals surface area contributed by atoms with Crippen LogP contribution < -0.4 is 0 Å². The molecule has 3 heterocycles. The number of Topliss-reactive ketones (excluding diaryl/α,β-unsaturated/α-hetero) is 1. The zero-order valence-electron chi connectivity index (χ0n) is 16.0. The van der Waals surface area contributed by atoms with E-state index in [-0.39, 0.29) is 17.4 Å². The van der Waals surface area contributed by atoms with E-state index in [4.69, 9.17) is 0 Å².